The molecule has 0 spiro atoms. The fourth-order valence-corrected chi connectivity index (χ4v) is 4.56. The van der Waals surface area contributed by atoms with E-state index in [0.29, 0.717) is 0 Å². The van der Waals surface area contributed by atoms with Crippen LogP contribution in [-0.2, 0) is 19.5 Å². The summed E-state index contributed by atoms with van der Waals surface area (Å²) in [6.45, 7) is 9.36. The molecule has 0 fully saturated rings. The summed E-state index contributed by atoms with van der Waals surface area (Å²) >= 11 is 0. The Kier molecular flexibility index (Phi) is 18.3. The van der Waals surface area contributed by atoms with Crippen LogP contribution in [0, 0.1) is 0 Å². The first kappa shape index (κ1) is 27.2. The quantitative estimate of drug-likeness (QED) is 0.131. The molecule has 0 bridgehead atoms. The third kappa shape index (κ3) is 13.5. The van der Waals surface area contributed by atoms with E-state index < -0.39 is 0 Å². The maximum Gasteiger partial charge on any atom is 0.256 e. The Labute approximate surface area is 189 Å². The number of imidazole rings is 1. The first-order valence-electron chi connectivity index (χ1n) is 13.9. The fraction of sp³-hybridized carbons (Fsp3) is 0.893. The van der Waals surface area contributed by atoms with Crippen LogP contribution in [0.1, 0.15) is 149 Å². The molecule has 0 saturated heterocycles. The Morgan fingerprint density at radius 1 is 0.567 bits per heavy atom. The number of rotatable bonds is 22. The molecule has 0 radical (unpaired) electrons. The van der Waals surface area contributed by atoms with E-state index in [1.807, 2.05) is 0 Å². The summed E-state index contributed by atoms with van der Waals surface area (Å²) in [4.78, 5) is 0. The van der Waals surface area contributed by atoms with Crippen molar-refractivity contribution in [1.82, 2.24) is 4.57 Å². The van der Waals surface area contributed by atoms with Crippen molar-refractivity contribution < 1.29 is 4.57 Å². The molecule has 0 atom stereocenters. The molecule has 1 aromatic heterocycles. The summed E-state index contributed by atoms with van der Waals surface area (Å²) in [6.07, 6.45) is 32.5. The van der Waals surface area contributed by atoms with E-state index in [1.54, 1.807) is 5.82 Å². The third-order valence-corrected chi connectivity index (χ3v) is 6.60. The van der Waals surface area contributed by atoms with Crippen molar-refractivity contribution in [3.8, 4) is 0 Å². The largest absolute Gasteiger partial charge is 0.256 e. The van der Waals surface area contributed by atoms with Gasteiger partial charge >= 0.3 is 0 Å². The van der Waals surface area contributed by atoms with Crippen LogP contribution in [0.4, 0.5) is 0 Å². The van der Waals surface area contributed by atoms with E-state index in [0.717, 1.165) is 0 Å². The summed E-state index contributed by atoms with van der Waals surface area (Å²) in [5.41, 5.74) is 0. The molecule has 1 heterocycles. The summed E-state index contributed by atoms with van der Waals surface area (Å²) < 4.78 is 5.17. The van der Waals surface area contributed by atoms with Gasteiger partial charge in [0.25, 0.3) is 5.82 Å². The molecule has 30 heavy (non-hydrogen) atoms. The van der Waals surface area contributed by atoms with Gasteiger partial charge in [0.1, 0.15) is 12.4 Å². The molecule has 1 aromatic rings. The molecule has 2 nitrogen and oxygen atoms in total. The second-order valence-electron chi connectivity index (χ2n) is 9.51. The van der Waals surface area contributed by atoms with Gasteiger partial charge in [0.05, 0.1) is 13.1 Å². The van der Waals surface area contributed by atoms with Crippen molar-refractivity contribution in [1.29, 1.82) is 0 Å². The predicted molar refractivity (Wildman–Crippen MR) is 133 cm³/mol. The predicted octanol–water partition coefficient (Wildman–Crippen LogP) is 8.79. The Morgan fingerprint density at radius 2 is 1.03 bits per heavy atom. The molecule has 0 aliphatic carbocycles. The Hall–Kier alpha value is -0.790. The van der Waals surface area contributed by atoms with Crippen molar-refractivity contribution in [2.45, 2.75) is 162 Å². The number of aryl methyl sites for hydroxylation is 2. The van der Waals surface area contributed by atoms with Crippen molar-refractivity contribution >= 4 is 0 Å². The van der Waals surface area contributed by atoms with Crippen molar-refractivity contribution in [2.24, 2.45) is 0 Å². The van der Waals surface area contributed by atoms with E-state index in [2.05, 4.69) is 42.3 Å². The van der Waals surface area contributed by atoms with Crippen molar-refractivity contribution in [3.63, 3.8) is 0 Å². The van der Waals surface area contributed by atoms with Crippen LogP contribution in [-0.4, -0.2) is 4.57 Å². The normalized spacial score (nSPS) is 11.4. The maximum atomic E-state index is 2.59. The first-order chi connectivity index (χ1) is 14.8. The first-order valence-corrected chi connectivity index (χ1v) is 13.9. The molecule has 1 rings (SSSR count). The van der Waals surface area contributed by atoms with Gasteiger partial charge in [0.15, 0.2) is 0 Å². The SMILES string of the molecule is CCCCCCCCCCC[n+]1ccn(CCCCCC)c1CCCCCCCC. The number of unbranched alkanes of at least 4 members (excludes halogenated alkanes) is 16. The lowest BCUT2D eigenvalue weighted by atomic mass is 10.1. The minimum absolute atomic E-state index is 1.22. The zero-order valence-corrected chi connectivity index (χ0v) is 21.1. The van der Waals surface area contributed by atoms with Crippen LogP contribution in [0.5, 0.6) is 0 Å². The molecule has 0 saturated carbocycles. The minimum atomic E-state index is 1.22. The standard InChI is InChI=1S/C28H55N2/c1-4-7-10-13-15-16-17-19-22-25-30-27-26-29(24-21-12-9-6-3)28(30)23-20-18-14-11-8-5-2/h26-27H,4-25H2,1-3H3/q+1. The lowest BCUT2D eigenvalue weighted by Gasteiger charge is -2.07. The lowest BCUT2D eigenvalue weighted by Crippen LogP contribution is -2.37. The molecule has 0 N–H and O–H groups in total. The highest BCUT2D eigenvalue weighted by Gasteiger charge is 2.16. The van der Waals surface area contributed by atoms with Gasteiger partial charge in [-0.3, -0.25) is 0 Å². The average molecular weight is 420 g/mol. The van der Waals surface area contributed by atoms with Crippen molar-refractivity contribution in [2.75, 3.05) is 0 Å². The van der Waals surface area contributed by atoms with E-state index >= 15 is 0 Å². The maximum absolute atomic E-state index is 2.59. The fourth-order valence-electron chi connectivity index (χ4n) is 4.56. The summed E-state index contributed by atoms with van der Waals surface area (Å²) in [7, 11) is 0. The summed E-state index contributed by atoms with van der Waals surface area (Å²) in [5.74, 6) is 1.60. The highest BCUT2D eigenvalue weighted by molar-refractivity contribution is 4.84. The topological polar surface area (TPSA) is 8.81 Å². The highest BCUT2D eigenvalue weighted by Crippen LogP contribution is 2.12. The number of nitrogens with zero attached hydrogens (tertiary/aromatic N) is 2. The van der Waals surface area contributed by atoms with E-state index in [9.17, 15) is 0 Å². The molecule has 0 aliphatic rings. The van der Waals surface area contributed by atoms with Crippen LogP contribution in [0.15, 0.2) is 12.4 Å². The van der Waals surface area contributed by atoms with Gasteiger partial charge in [-0.15, -0.1) is 0 Å². The Morgan fingerprint density at radius 3 is 1.60 bits per heavy atom. The van der Waals surface area contributed by atoms with Crippen molar-refractivity contribution in [3.05, 3.63) is 18.2 Å². The molecule has 0 aromatic carbocycles. The van der Waals surface area contributed by atoms with Crippen LogP contribution in [0.3, 0.4) is 0 Å². The molecule has 0 aliphatic heterocycles. The zero-order valence-electron chi connectivity index (χ0n) is 21.1. The Balaban J connectivity index is 2.36. The van der Waals surface area contributed by atoms with Gasteiger partial charge in [-0.2, -0.15) is 0 Å². The molecule has 2 heteroatoms. The van der Waals surface area contributed by atoms with Gasteiger partial charge in [0, 0.05) is 6.42 Å². The van der Waals surface area contributed by atoms with Crippen LogP contribution in [0.25, 0.3) is 0 Å². The number of hydrogen-bond acceptors (Lipinski definition) is 0. The van der Waals surface area contributed by atoms with Gasteiger partial charge in [-0.25, -0.2) is 9.13 Å². The van der Waals surface area contributed by atoms with Gasteiger partial charge in [-0.1, -0.05) is 111 Å². The molecular weight excluding hydrogens is 364 g/mol. The van der Waals surface area contributed by atoms with Crippen LogP contribution < -0.4 is 4.57 Å². The highest BCUT2D eigenvalue weighted by atomic mass is 15.1. The second kappa shape index (κ2) is 20.1. The van der Waals surface area contributed by atoms with E-state index in [-0.39, 0.29) is 0 Å². The minimum Gasteiger partial charge on any atom is -0.234 e. The van der Waals surface area contributed by atoms with Gasteiger partial charge in [0.2, 0.25) is 0 Å². The lowest BCUT2D eigenvalue weighted by molar-refractivity contribution is -0.704. The van der Waals surface area contributed by atoms with Gasteiger partial charge in [-0.05, 0) is 32.1 Å². The number of hydrogen-bond donors (Lipinski definition) is 0. The van der Waals surface area contributed by atoms with Crippen LogP contribution in [0.2, 0.25) is 0 Å². The average Bonchev–Trinajstić information content (AvgIpc) is 3.14. The van der Waals surface area contributed by atoms with Gasteiger partial charge < -0.3 is 0 Å². The second-order valence-corrected chi connectivity index (χ2v) is 9.51. The molecule has 0 amide bonds. The zero-order chi connectivity index (χ0) is 21.7. The summed E-state index contributed by atoms with van der Waals surface area (Å²) in [6, 6.07) is 0. The molecule has 176 valence electrons. The van der Waals surface area contributed by atoms with Crippen LogP contribution >= 0.6 is 0 Å². The van der Waals surface area contributed by atoms with E-state index in [4.69, 9.17) is 0 Å². The molecular formula is C28H55N2+. The molecule has 0 unspecified atom stereocenters. The monoisotopic (exact) mass is 419 g/mol. The Bertz CT molecular complexity index is 477. The van der Waals surface area contributed by atoms with E-state index in [1.165, 1.54) is 142 Å². The number of aromatic nitrogens is 2. The summed E-state index contributed by atoms with van der Waals surface area (Å²) in [5, 5.41) is 0. The third-order valence-electron chi connectivity index (χ3n) is 6.60. The smallest absolute Gasteiger partial charge is 0.234 e.